The van der Waals surface area contributed by atoms with Gasteiger partial charge in [-0.2, -0.15) is 0 Å². The molecule has 1 fully saturated rings. The number of carbonyl (C=O) groups is 1. The van der Waals surface area contributed by atoms with E-state index in [0.717, 1.165) is 0 Å². The monoisotopic (exact) mass is 176 g/mol. The second-order valence-electron chi connectivity index (χ2n) is 2.53. The summed E-state index contributed by atoms with van der Waals surface area (Å²) in [5, 5.41) is 0. The van der Waals surface area contributed by atoms with Gasteiger partial charge in [-0.15, -0.1) is 0 Å². The zero-order valence-electron chi connectivity index (χ0n) is 6.12. The van der Waals surface area contributed by atoms with Crippen LogP contribution in [0, 0.1) is 6.92 Å². The Balaban J connectivity index is 2.56. The molecule has 5 heteroatoms. The molecule has 4 nitrogen and oxygen atoms in total. The van der Waals surface area contributed by atoms with Crippen molar-refractivity contribution in [3.8, 4) is 0 Å². The summed E-state index contributed by atoms with van der Waals surface area (Å²) < 4.78 is 21.7. The number of carbonyl (C=O) groups excluding carboxylic acids is 1. The van der Waals surface area contributed by atoms with E-state index in [0.29, 0.717) is 13.1 Å². The van der Waals surface area contributed by atoms with Crippen LogP contribution in [-0.2, 0) is 14.6 Å². The van der Waals surface area contributed by atoms with Crippen LogP contribution in [0.4, 0.5) is 0 Å². The van der Waals surface area contributed by atoms with Crippen LogP contribution < -0.4 is 0 Å². The fourth-order valence-corrected chi connectivity index (χ4v) is 2.16. The molecular weight excluding hydrogens is 166 g/mol. The summed E-state index contributed by atoms with van der Waals surface area (Å²) in [7, 11) is -2.87. The zero-order valence-corrected chi connectivity index (χ0v) is 6.93. The van der Waals surface area contributed by atoms with Crippen molar-refractivity contribution >= 4 is 15.7 Å². The topological polar surface area (TPSA) is 54.5 Å². The largest absolute Gasteiger partial charge is 0.341 e. The summed E-state index contributed by atoms with van der Waals surface area (Å²) in [4.78, 5) is 12.1. The molecule has 1 aliphatic rings. The van der Waals surface area contributed by atoms with Crippen molar-refractivity contribution in [2.75, 3.05) is 24.6 Å². The maximum atomic E-state index is 10.9. The molecule has 1 saturated heterocycles. The molecule has 1 heterocycles. The molecule has 1 aliphatic heterocycles. The second-order valence-corrected chi connectivity index (χ2v) is 4.84. The van der Waals surface area contributed by atoms with Gasteiger partial charge < -0.3 is 4.90 Å². The van der Waals surface area contributed by atoms with Crippen molar-refractivity contribution in [2.45, 2.75) is 0 Å². The van der Waals surface area contributed by atoms with Crippen LogP contribution in [0.15, 0.2) is 0 Å². The van der Waals surface area contributed by atoms with Gasteiger partial charge in [0.15, 0.2) is 9.84 Å². The highest BCUT2D eigenvalue weighted by atomic mass is 32.2. The molecule has 0 N–H and O–H groups in total. The van der Waals surface area contributed by atoms with Crippen LogP contribution in [0.3, 0.4) is 0 Å². The van der Waals surface area contributed by atoms with E-state index in [1.807, 2.05) is 0 Å². The molecule has 0 aliphatic carbocycles. The molecule has 1 rings (SSSR count). The van der Waals surface area contributed by atoms with Gasteiger partial charge in [-0.25, -0.2) is 8.42 Å². The Morgan fingerprint density at radius 1 is 1.27 bits per heavy atom. The lowest BCUT2D eigenvalue weighted by Crippen LogP contribution is -2.42. The quantitative estimate of drug-likeness (QED) is 0.479. The Morgan fingerprint density at radius 3 is 2.09 bits per heavy atom. The lowest BCUT2D eigenvalue weighted by atomic mass is 10.5. The fraction of sp³-hybridized carbons (Fsp3) is 0.667. The number of nitrogens with zero attached hydrogens (tertiary/aromatic N) is 1. The van der Waals surface area contributed by atoms with Crippen molar-refractivity contribution in [3.05, 3.63) is 6.92 Å². The minimum atomic E-state index is -2.87. The molecule has 0 spiro atoms. The van der Waals surface area contributed by atoms with Gasteiger partial charge in [0.2, 0.25) is 5.91 Å². The van der Waals surface area contributed by atoms with Crippen LogP contribution in [0.2, 0.25) is 0 Å². The molecule has 0 aromatic heterocycles. The maximum absolute atomic E-state index is 10.9. The summed E-state index contributed by atoms with van der Waals surface area (Å²) >= 11 is 0. The molecular formula is C6H10NO3S. The third-order valence-electron chi connectivity index (χ3n) is 1.70. The fourth-order valence-electron chi connectivity index (χ4n) is 0.962. The average Bonchev–Trinajstić information content (AvgIpc) is 1.86. The van der Waals surface area contributed by atoms with Gasteiger partial charge in [-0.05, 0) is 0 Å². The van der Waals surface area contributed by atoms with Gasteiger partial charge in [0.25, 0.3) is 0 Å². The van der Waals surface area contributed by atoms with E-state index in [-0.39, 0.29) is 17.4 Å². The molecule has 0 aromatic rings. The van der Waals surface area contributed by atoms with Crippen molar-refractivity contribution in [1.82, 2.24) is 4.90 Å². The van der Waals surface area contributed by atoms with Crippen LogP contribution in [0.1, 0.15) is 0 Å². The molecule has 1 radical (unpaired) electrons. The first-order valence-corrected chi connectivity index (χ1v) is 5.15. The average molecular weight is 176 g/mol. The first-order valence-electron chi connectivity index (χ1n) is 3.32. The van der Waals surface area contributed by atoms with Crippen LogP contribution in [0.5, 0.6) is 0 Å². The first-order chi connectivity index (χ1) is 5.01. The lowest BCUT2D eigenvalue weighted by Gasteiger charge is -2.24. The van der Waals surface area contributed by atoms with Crippen LogP contribution in [0.25, 0.3) is 0 Å². The van der Waals surface area contributed by atoms with Gasteiger partial charge in [-0.1, -0.05) is 0 Å². The van der Waals surface area contributed by atoms with E-state index in [4.69, 9.17) is 0 Å². The Labute approximate surface area is 66.1 Å². The van der Waals surface area contributed by atoms with E-state index in [1.54, 1.807) is 0 Å². The molecule has 0 saturated carbocycles. The third kappa shape index (κ3) is 2.18. The van der Waals surface area contributed by atoms with Gasteiger partial charge in [0, 0.05) is 20.0 Å². The van der Waals surface area contributed by atoms with Gasteiger partial charge in [0.05, 0.1) is 11.5 Å². The Morgan fingerprint density at radius 2 is 1.73 bits per heavy atom. The molecule has 0 unspecified atom stereocenters. The Bertz CT molecular complexity index is 243. The van der Waals surface area contributed by atoms with Crippen molar-refractivity contribution in [2.24, 2.45) is 0 Å². The summed E-state index contributed by atoms with van der Waals surface area (Å²) in [6, 6.07) is 0. The van der Waals surface area contributed by atoms with Gasteiger partial charge in [0.1, 0.15) is 0 Å². The van der Waals surface area contributed by atoms with Crippen molar-refractivity contribution in [1.29, 1.82) is 0 Å². The smallest absolute Gasteiger partial charge is 0.223 e. The number of amides is 1. The first kappa shape index (κ1) is 8.52. The van der Waals surface area contributed by atoms with E-state index in [2.05, 4.69) is 6.92 Å². The number of hydrogen-bond donors (Lipinski definition) is 0. The summed E-state index contributed by atoms with van der Waals surface area (Å²) in [5.74, 6) is -0.136. The highest BCUT2D eigenvalue weighted by Crippen LogP contribution is 2.02. The minimum Gasteiger partial charge on any atom is -0.341 e. The summed E-state index contributed by atoms with van der Waals surface area (Å²) in [6.45, 7) is 3.79. The second kappa shape index (κ2) is 2.81. The number of hydrogen-bond acceptors (Lipinski definition) is 3. The molecule has 0 aromatic carbocycles. The minimum absolute atomic E-state index is 0.0776. The van der Waals surface area contributed by atoms with Crippen molar-refractivity contribution in [3.63, 3.8) is 0 Å². The molecule has 63 valence electrons. The molecule has 1 amide bonds. The summed E-state index contributed by atoms with van der Waals surface area (Å²) in [5.41, 5.74) is 0. The lowest BCUT2D eigenvalue weighted by molar-refractivity contribution is -0.125. The van der Waals surface area contributed by atoms with Crippen LogP contribution >= 0.6 is 0 Å². The zero-order chi connectivity index (χ0) is 8.48. The normalized spacial score (nSPS) is 23.2. The van der Waals surface area contributed by atoms with Crippen LogP contribution in [-0.4, -0.2) is 43.8 Å². The highest BCUT2D eigenvalue weighted by molar-refractivity contribution is 7.91. The van der Waals surface area contributed by atoms with Gasteiger partial charge in [-0.3, -0.25) is 4.79 Å². The van der Waals surface area contributed by atoms with E-state index >= 15 is 0 Å². The van der Waals surface area contributed by atoms with Crippen molar-refractivity contribution < 1.29 is 13.2 Å². The van der Waals surface area contributed by atoms with E-state index in [1.165, 1.54) is 4.90 Å². The molecule has 0 bridgehead atoms. The standard InChI is InChI=1S/C6H10NO3S/c1-6(8)7-2-4-11(9,10)5-3-7/h1-5H2. The predicted octanol–water partition coefficient (Wildman–Crippen LogP) is -0.923. The summed E-state index contributed by atoms with van der Waals surface area (Å²) in [6.07, 6.45) is 0. The Hall–Kier alpha value is -0.580. The SMILES string of the molecule is [CH2]C(=O)N1CCS(=O)(=O)CC1. The number of sulfone groups is 1. The number of rotatable bonds is 0. The highest BCUT2D eigenvalue weighted by Gasteiger charge is 2.22. The van der Waals surface area contributed by atoms with Gasteiger partial charge >= 0.3 is 0 Å². The van der Waals surface area contributed by atoms with E-state index < -0.39 is 9.84 Å². The molecule has 0 atom stereocenters. The third-order valence-corrected chi connectivity index (χ3v) is 3.31. The predicted molar refractivity (Wildman–Crippen MR) is 40.6 cm³/mol. The van der Waals surface area contributed by atoms with E-state index in [9.17, 15) is 13.2 Å². The Kier molecular flexibility index (Phi) is 2.17. The molecule has 11 heavy (non-hydrogen) atoms. The maximum Gasteiger partial charge on any atom is 0.223 e.